The van der Waals surface area contributed by atoms with Gasteiger partial charge in [-0.3, -0.25) is 4.79 Å². The lowest BCUT2D eigenvalue weighted by Crippen LogP contribution is -2.44. The number of halogens is 1. The molecule has 0 spiro atoms. The number of carbonyl (C=O) groups excluding carboxylic acids is 1. The van der Waals surface area contributed by atoms with Crippen molar-refractivity contribution < 1.29 is 13.2 Å². The van der Waals surface area contributed by atoms with Crippen LogP contribution >= 0.6 is 11.6 Å². The van der Waals surface area contributed by atoms with Crippen LogP contribution in [-0.4, -0.2) is 49.7 Å². The predicted molar refractivity (Wildman–Crippen MR) is 100 cm³/mol. The minimum Gasteiger partial charge on any atom is -0.339 e. The summed E-state index contributed by atoms with van der Waals surface area (Å²) in [4.78, 5) is 14.7. The van der Waals surface area contributed by atoms with Gasteiger partial charge in [0.05, 0.1) is 4.90 Å². The molecule has 1 amide bonds. The Kier molecular flexibility index (Phi) is 6.65. The van der Waals surface area contributed by atoms with Gasteiger partial charge in [-0.15, -0.1) is 0 Å². The van der Waals surface area contributed by atoms with E-state index < -0.39 is 10.0 Å². The molecule has 0 N–H and O–H groups in total. The van der Waals surface area contributed by atoms with Crippen molar-refractivity contribution in [1.29, 1.82) is 0 Å². The van der Waals surface area contributed by atoms with E-state index in [0.717, 1.165) is 5.57 Å². The van der Waals surface area contributed by atoms with E-state index in [-0.39, 0.29) is 16.7 Å². The smallest absolute Gasteiger partial charge is 0.243 e. The molecule has 0 bridgehead atoms. The molecule has 5 nitrogen and oxygen atoms in total. The molecular formula is C18H25ClN2O3S. The molecule has 0 radical (unpaired) electrons. The molecule has 25 heavy (non-hydrogen) atoms. The Balaban J connectivity index is 2.02. The number of amides is 1. The van der Waals surface area contributed by atoms with E-state index in [0.29, 0.717) is 44.0 Å². The van der Waals surface area contributed by atoms with Crippen molar-refractivity contribution in [2.75, 3.05) is 26.2 Å². The van der Waals surface area contributed by atoms with Crippen molar-refractivity contribution >= 4 is 27.5 Å². The van der Waals surface area contributed by atoms with E-state index >= 15 is 0 Å². The van der Waals surface area contributed by atoms with E-state index in [2.05, 4.69) is 6.58 Å². The summed E-state index contributed by atoms with van der Waals surface area (Å²) in [6.07, 6.45) is 1.08. The number of likely N-dealkylation sites (N-methyl/N-ethyl adjacent to an activating group) is 1. The van der Waals surface area contributed by atoms with Gasteiger partial charge in [0.2, 0.25) is 15.9 Å². The number of sulfonamides is 1. The second kappa shape index (κ2) is 8.34. The van der Waals surface area contributed by atoms with Crippen LogP contribution in [-0.2, 0) is 14.8 Å². The molecule has 1 saturated heterocycles. The van der Waals surface area contributed by atoms with Gasteiger partial charge in [0.15, 0.2) is 0 Å². The minimum absolute atomic E-state index is 0.0917. The van der Waals surface area contributed by atoms with Gasteiger partial charge in [-0.1, -0.05) is 23.8 Å². The molecular weight excluding hydrogens is 360 g/mol. The van der Waals surface area contributed by atoms with Crippen LogP contribution in [0.25, 0.3) is 0 Å². The SMILES string of the molecule is C=C(C)CN(CC)C(=O)C1CCN(S(=O)(=O)c2ccc(Cl)cc2)CC1. The first kappa shape index (κ1) is 19.9. The van der Waals surface area contributed by atoms with Gasteiger partial charge in [0.25, 0.3) is 0 Å². The first-order chi connectivity index (χ1) is 11.8. The number of nitrogens with zero attached hydrogens (tertiary/aromatic N) is 2. The number of hydrogen-bond donors (Lipinski definition) is 0. The third kappa shape index (κ3) is 4.84. The molecule has 7 heteroatoms. The summed E-state index contributed by atoms with van der Waals surface area (Å²) in [5, 5.41) is 0.500. The van der Waals surface area contributed by atoms with Crippen LogP contribution in [0.4, 0.5) is 0 Å². The maximum atomic E-state index is 12.7. The van der Waals surface area contributed by atoms with Crippen LogP contribution < -0.4 is 0 Å². The average molecular weight is 385 g/mol. The number of piperidine rings is 1. The number of rotatable bonds is 6. The van der Waals surface area contributed by atoms with Crippen LogP contribution in [0, 0.1) is 5.92 Å². The highest BCUT2D eigenvalue weighted by Crippen LogP contribution is 2.26. The van der Waals surface area contributed by atoms with E-state index in [1.807, 2.05) is 13.8 Å². The summed E-state index contributed by atoms with van der Waals surface area (Å²) >= 11 is 5.82. The maximum Gasteiger partial charge on any atom is 0.243 e. The van der Waals surface area contributed by atoms with Crippen molar-refractivity contribution in [3.63, 3.8) is 0 Å². The summed E-state index contributed by atoms with van der Waals surface area (Å²) in [5.74, 6) is -0.0370. The highest BCUT2D eigenvalue weighted by molar-refractivity contribution is 7.89. The second-order valence-corrected chi connectivity index (χ2v) is 8.82. The summed E-state index contributed by atoms with van der Waals surface area (Å²) in [6.45, 7) is 9.60. The van der Waals surface area contributed by atoms with Gasteiger partial charge in [0.1, 0.15) is 0 Å². The van der Waals surface area contributed by atoms with Gasteiger partial charge in [0, 0.05) is 37.1 Å². The molecule has 0 unspecified atom stereocenters. The topological polar surface area (TPSA) is 57.7 Å². The van der Waals surface area contributed by atoms with Crippen LogP contribution in [0.3, 0.4) is 0 Å². The second-order valence-electron chi connectivity index (χ2n) is 6.44. The minimum atomic E-state index is -3.54. The van der Waals surface area contributed by atoms with Crippen molar-refractivity contribution in [3.05, 3.63) is 41.4 Å². The predicted octanol–water partition coefficient (Wildman–Crippen LogP) is 3.17. The lowest BCUT2D eigenvalue weighted by molar-refractivity contribution is -0.136. The molecule has 1 aliphatic heterocycles. The monoisotopic (exact) mass is 384 g/mol. The van der Waals surface area contributed by atoms with Crippen molar-refractivity contribution in [2.45, 2.75) is 31.6 Å². The molecule has 0 aliphatic carbocycles. The fourth-order valence-electron chi connectivity index (χ4n) is 3.03. The summed E-state index contributed by atoms with van der Waals surface area (Å²) in [7, 11) is -3.54. The Morgan fingerprint density at radius 1 is 1.28 bits per heavy atom. The van der Waals surface area contributed by atoms with Gasteiger partial charge in [-0.25, -0.2) is 8.42 Å². The molecule has 1 aliphatic rings. The number of hydrogen-bond acceptors (Lipinski definition) is 3. The van der Waals surface area contributed by atoms with Gasteiger partial charge in [-0.05, 0) is 51.0 Å². The van der Waals surface area contributed by atoms with Crippen LogP contribution in [0.5, 0.6) is 0 Å². The zero-order chi connectivity index (χ0) is 18.6. The molecule has 1 fully saturated rings. The zero-order valence-corrected chi connectivity index (χ0v) is 16.3. The average Bonchev–Trinajstić information content (AvgIpc) is 2.59. The first-order valence-corrected chi connectivity index (χ1v) is 10.3. The molecule has 0 aromatic heterocycles. The third-order valence-electron chi connectivity index (χ3n) is 4.41. The van der Waals surface area contributed by atoms with Crippen molar-refractivity contribution in [1.82, 2.24) is 9.21 Å². The molecule has 0 atom stereocenters. The van der Waals surface area contributed by atoms with E-state index in [9.17, 15) is 13.2 Å². The first-order valence-electron chi connectivity index (χ1n) is 8.44. The van der Waals surface area contributed by atoms with Gasteiger partial charge < -0.3 is 4.90 Å². The highest BCUT2D eigenvalue weighted by atomic mass is 35.5. The molecule has 0 saturated carbocycles. The maximum absolute atomic E-state index is 12.7. The largest absolute Gasteiger partial charge is 0.339 e. The molecule has 1 heterocycles. The van der Waals surface area contributed by atoms with E-state index in [1.54, 1.807) is 17.0 Å². The zero-order valence-electron chi connectivity index (χ0n) is 14.7. The quantitative estimate of drug-likeness (QED) is 0.708. The van der Waals surface area contributed by atoms with Crippen molar-refractivity contribution in [2.24, 2.45) is 5.92 Å². The third-order valence-corrected chi connectivity index (χ3v) is 6.57. The Morgan fingerprint density at radius 3 is 2.32 bits per heavy atom. The van der Waals surface area contributed by atoms with Crippen LogP contribution in [0.2, 0.25) is 5.02 Å². The van der Waals surface area contributed by atoms with Crippen molar-refractivity contribution in [3.8, 4) is 0 Å². The van der Waals surface area contributed by atoms with E-state index in [1.165, 1.54) is 16.4 Å². The molecule has 1 aromatic rings. The number of carbonyl (C=O) groups is 1. The standard InChI is InChI=1S/C18H25ClN2O3S/c1-4-20(13-14(2)3)18(22)15-9-11-21(12-10-15)25(23,24)17-7-5-16(19)6-8-17/h5-8,15H,2,4,9-13H2,1,3H3. The number of benzene rings is 1. The van der Waals surface area contributed by atoms with Crippen LogP contribution in [0.15, 0.2) is 41.3 Å². The lowest BCUT2D eigenvalue weighted by Gasteiger charge is -2.33. The highest BCUT2D eigenvalue weighted by Gasteiger charge is 2.33. The molecule has 1 aromatic carbocycles. The Labute approximate surface area is 155 Å². The summed E-state index contributed by atoms with van der Waals surface area (Å²) in [6, 6.07) is 6.17. The van der Waals surface area contributed by atoms with Crippen LogP contribution in [0.1, 0.15) is 26.7 Å². The summed E-state index contributed by atoms with van der Waals surface area (Å²) in [5.41, 5.74) is 0.943. The lowest BCUT2D eigenvalue weighted by atomic mass is 9.96. The van der Waals surface area contributed by atoms with E-state index in [4.69, 9.17) is 11.6 Å². The van der Waals surface area contributed by atoms with Gasteiger partial charge in [-0.2, -0.15) is 4.31 Å². The normalized spacial score (nSPS) is 16.6. The van der Waals surface area contributed by atoms with Gasteiger partial charge >= 0.3 is 0 Å². The summed E-state index contributed by atoms with van der Waals surface area (Å²) < 4.78 is 26.8. The Morgan fingerprint density at radius 2 is 1.84 bits per heavy atom. The Bertz CT molecular complexity index is 723. The molecule has 138 valence electrons. The fourth-order valence-corrected chi connectivity index (χ4v) is 4.62. The fraction of sp³-hybridized carbons (Fsp3) is 0.500. The Hall–Kier alpha value is -1.37. The molecule has 2 rings (SSSR count).